The molecule has 2 aromatic rings. The second-order valence-corrected chi connectivity index (χ2v) is 5.85. The fourth-order valence-electron chi connectivity index (χ4n) is 2.63. The lowest BCUT2D eigenvalue weighted by molar-refractivity contribution is 0.153. The van der Waals surface area contributed by atoms with E-state index in [-0.39, 0.29) is 18.0 Å². The Hall–Kier alpha value is -1.29. The molecular weight excluding hydrogens is 312 g/mol. The smallest absolute Gasteiger partial charge is 0.127 e. The summed E-state index contributed by atoms with van der Waals surface area (Å²) in [6, 6.07) is 10.2. The van der Waals surface area contributed by atoms with Gasteiger partial charge in [0.2, 0.25) is 0 Å². The van der Waals surface area contributed by atoms with Gasteiger partial charge >= 0.3 is 0 Å². The Kier molecular flexibility index (Phi) is 4.07. The number of halogens is 3. The number of hydrogen-bond donors (Lipinski definition) is 1. The minimum absolute atomic E-state index is 0.105. The van der Waals surface area contributed by atoms with Crippen molar-refractivity contribution in [2.24, 2.45) is 0 Å². The molecule has 0 aromatic heterocycles. The molecule has 1 aliphatic heterocycles. The molecular formula is C16H14Cl2FNO. The van der Waals surface area contributed by atoms with Gasteiger partial charge in [0, 0.05) is 24.1 Å². The van der Waals surface area contributed by atoms with Crippen LogP contribution in [0.5, 0.6) is 5.75 Å². The molecule has 2 aromatic carbocycles. The van der Waals surface area contributed by atoms with E-state index in [9.17, 15) is 4.39 Å². The third-order valence-electron chi connectivity index (χ3n) is 3.73. The van der Waals surface area contributed by atoms with E-state index in [0.29, 0.717) is 15.8 Å². The molecule has 3 rings (SSSR count). The van der Waals surface area contributed by atoms with Crippen molar-refractivity contribution in [2.45, 2.75) is 18.6 Å². The summed E-state index contributed by atoms with van der Waals surface area (Å²) in [4.78, 5) is 0. The van der Waals surface area contributed by atoms with E-state index >= 15 is 0 Å². The van der Waals surface area contributed by atoms with E-state index in [1.165, 1.54) is 12.1 Å². The largest absolute Gasteiger partial charge is 0.485 e. The Morgan fingerprint density at radius 2 is 1.95 bits per heavy atom. The highest BCUT2D eigenvalue weighted by molar-refractivity contribution is 6.42. The maximum Gasteiger partial charge on any atom is 0.127 e. The highest BCUT2D eigenvalue weighted by Crippen LogP contribution is 2.41. The summed E-state index contributed by atoms with van der Waals surface area (Å²) in [5, 5.41) is 4.24. The van der Waals surface area contributed by atoms with E-state index in [2.05, 4.69) is 5.32 Å². The summed E-state index contributed by atoms with van der Waals surface area (Å²) < 4.78 is 19.4. The van der Waals surface area contributed by atoms with Crippen LogP contribution in [0.2, 0.25) is 10.0 Å². The van der Waals surface area contributed by atoms with Crippen LogP contribution in [0.15, 0.2) is 36.4 Å². The van der Waals surface area contributed by atoms with Crippen LogP contribution in [0.25, 0.3) is 0 Å². The molecule has 1 N–H and O–H groups in total. The molecule has 0 bridgehead atoms. The highest BCUT2D eigenvalue weighted by Gasteiger charge is 2.29. The third kappa shape index (κ3) is 2.86. The summed E-state index contributed by atoms with van der Waals surface area (Å²) in [6.07, 6.45) is 0.555. The molecule has 110 valence electrons. The monoisotopic (exact) mass is 325 g/mol. The average molecular weight is 326 g/mol. The number of nitrogens with one attached hydrogen (secondary N) is 1. The second-order valence-electron chi connectivity index (χ2n) is 5.04. The first-order valence-corrected chi connectivity index (χ1v) is 7.42. The molecule has 5 heteroatoms. The molecule has 0 amide bonds. The SMILES string of the molecule is CNC1CC(c2ccc(Cl)c(Cl)c2)Oc2cc(F)ccc21. The number of benzene rings is 2. The summed E-state index contributed by atoms with van der Waals surface area (Å²) in [7, 11) is 1.88. The van der Waals surface area contributed by atoms with Crippen LogP contribution in [0.4, 0.5) is 4.39 Å². The van der Waals surface area contributed by atoms with Crippen molar-refractivity contribution in [1.82, 2.24) is 5.32 Å². The molecule has 0 saturated carbocycles. The number of ether oxygens (including phenoxy) is 1. The van der Waals surface area contributed by atoms with Gasteiger partial charge < -0.3 is 10.1 Å². The molecule has 0 radical (unpaired) electrons. The van der Waals surface area contributed by atoms with Gasteiger partial charge in [0.25, 0.3) is 0 Å². The number of rotatable bonds is 2. The van der Waals surface area contributed by atoms with Crippen LogP contribution in [-0.2, 0) is 0 Å². The second kappa shape index (κ2) is 5.84. The fourth-order valence-corrected chi connectivity index (χ4v) is 2.94. The molecule has 1 aliphatic rings. The third-order valence-corrected chi connectivity index (χ3v) is 4.47. The normalized spacial score (nSPS) is 20.8. The van der Waals surface area contributed by atoms with Gasteiger partial charge in [0.15, 0.2) is 0 Å². The summed E-state index contributed by atoms with van der Waals surface area (Å²) in [5.41, 5.74) is 1.90. The van der Waals surface area contributed by atoms with Crippen molar-refractivity contribution >= 4 is 23.2 Å². The molecule has 0 fully saturated rings. The van der Waals surface area contributed by atoms with Gasteiger partial charge in [-0.05, 0) is 30.8 Å². The predicted molar refractivity (Wildman–Crippen MR) is 82.6 cm³/mol. The predicted octanol–water partition coefficient (Wildman–Crippen LogP) is 4.92. The Morgan fingerprint density at radius 1 is 1.14 bits per heavy atom. The Morgan fingerprint density at radius 3 is 2.67 bits per heavy atom. The zero-order chi connectivity index (χ0) is 15.0. The lowest BCUT2D eigenvalue weighted by atomic mass is 9.93. The van der Waals surface area contributed by atoms with Gasteiger partial charge in [-0.3, -0.25) is 0 Å². The van der Waals surface area contributed by atoms with Crippen molar-refractivity contribution in [3.63, 3.8) is 0 Å². The first kappa shape index (κ1) is 14.6. The van der Waals surface area contributed by atoms with Crippen LogP contribution in [0.1, 0.15) is 29.7 Å². The van der Waals surface area contributed by atoms with Gasteiger partial charge in [0.1, 0.15) is 17.7 Å². The Bertz CT molecular complexity index is 677. The maximum atomic E-state index is 13.4. The van der Waals surface area contributed by atoms with E-state index in [4.69, 9.17) is 27.9 Å². The average Bonchev–Trinajstić information content (AvgIpc) is 2.48. The zero-order valence-electron chi connectivity index (χ0n) is 11.4. The highest BCUT2D eigenvalue weighted by atomic mass is 35.5. The van der Waals surface area contributed by atoms with Crippen molar-refractivity contribution in [2.75, 3.05) is 7.05 Å². The number of fused-ring (bicyclic) bond motifs is 1. The minimum Gasteiger partial charge on any atom is -0.485 e. The summed E-state index contributed by atoms with van der Waals surface area (Å²) >= 11 is 12.0. The van der Waals surface area contributed by atoms with Crippen molar-refractivity contribution < 1.29 is 9.13 Å². The molecule has 0 aliphatic carbocycles. The van der Waals surface area contributed by atoms with Crippen LogP contribution >= 0.6 is 23.2 Å². The summed E-state index contributed by atoms with van der Waals surface area (Å²) in [6.45, 7) is 0. The quantitative estimate of drug-likeness (QED) is 0.846. The lowest BCUT2D eigenvalue weighted by Gasteiger charge is -2.32. The molecule has 0 spiro atoms. The Balaban J connectivity index is 1.97. The van der Waals surface area contributed by atoms with Crippen molar-refractivity contribution in [3.8, 4) is 5.75 Å². The van der Waals surface area contributed by atoms with E-state index in [1.54, 1.807) is 18.2 Å². The Labute approximate surface area is 132 Å². The molecule has 1 heterocycles. The van der Waals surface area contributed by atoms with E-state index < -0.39 is 0 Å². The van der Waals surface area contributed by atoms with Crippen molar-refractivity contribution in [3.05, 3.63) is 63.4 Å². The van der Waals surface area contributed by atoms with Crippen molar-refractivity contribution in [1.29, 1.82) is 0 Å². The van der Waals surface area contributed by atoms with Gasteiger partial charge in [-0.25, -0.2) is 4.39 Å². The minimum atomic E-state index is -0.307. The molecule has 2 atom stereocenters. The molecule has 2 nitrogen and oxygen atoms in total. The first-order valence-electron chi connectivity index (χ1n) is 6.67. The van der Waals surface area contributed by atoms with Gasteiger partial charge in [0.05, 0.1) is 10.0 Å². The first-order chi connectivity index (χ1) is 10.1. The lowest BCUT2D eigenvalue weighted by Crippen LogP contribution is -2.26. The topological polar surface area (TPSA) is 21.3 Å². The molecule has 21 heavy (non-hydrogen) atoms. The van der Waals surface area contributed by atoms with Gasteiger partial charge in [-0.2, -0.15) is 0 Å². The van der Waals surface area contributed by atoms with Gasteiger partial charge in [-0.15, -0.1) is 0 Å². The van der Waals surface area contributed by atoms with Crippen LogP contribution in [0, 0.1) is 5.82 Å². The molecule has 2 unspecified atom stereocenters. The zero-order valence-corrected chi connectivity index (χ0v) is 12.9. The van der Waals surface area contributed by atoms with Gasteiger partial charge in [-0.1, -0.05) is 35.3 Å². The van der Waals surface area contributed by atoms with Crippen LogP contribution in [-0.4, -0.2) is 7.05 Å². The van der Waals surface area contributed by atoms with Crippen LogP contribution < -0.4 is 10.1 Å². The summed E-state index contributed by atoms with van der Waals surface area (Å²) in [5.74, 6) is 0.259. The molecule has 0 saturated heterocycles. The van der Waals surface area contributed by atoms with Crippen LogP contribution in [0.3, 0.4) is 0 Å². The maximum absolute atomic E-state index is 13.4. The standard InChI is InChI=1S/C16H14Cl2FNO/c1-20-14-8-15(9-2-5-12(17)13(18)6-9)21-16-7-10(19)3-4-11(14)16/h2-7,14-15,20H,8H2,1H3. The number of hydrogen-bond acceptors (Lipinski definition) is 2. The van der Waals surface area contributed by atoms with E-state index in [1.807, 2.05) is 13.1 Å². The fraction of sp³-hybridized carbons (Fsp3) is 0.250. The van der Waals surface area contributed by atoms with E-state index in [0.717, 1.165) is 17.5 Å².